The Balaban J connectivity index is 1.78. The van der Waals surface area contributed by atoms with Crippen LogP contribution in [0.25, 0.3) is 0 Å². The molecule has 30 heavy (non-hydrogen) atoms. The Labute approximate surface area is 181 Å². The number of benzene rings is 1. The largest absolute Gasteiger partial charge is 0.462 e. The van der Waals surface area contributed by atoms with E-state index in [9.17, 15) is 14.0 Å². The van der Waals surface area contributed by atoms with Gasteiger partial charge in [0.1, 0.15) is 10.8 Å². The maximum Gasteiger partial charge on any atom is 0.341 e. The van der Waals surface area contributed by atoms with E-state index in [1.165, 1.54) is 17.4 Å². The summed E-state index contributed by atoms with van der Waals surface area (Å²) in [6.45, 7) is 6.34. The minimum absolute atomic E-state index is 0.231. The molecule has 0 radical (unpaired) electrons. The summed E-state index contributed by atoms with van der Waals surface area (Å²) in [4.78, 5) is 28.5. The lowest BCUT2D eigenvalue weighted by atomic mass is 9.88. The molecule has 1 amide bonds. The second-order valence-corrected chi connectivity index (χ2v) is 9.05. The van der Waals surface area contributed by atoms with E-state index in [1.54, 1.807) is 44.0 Å². The molecule has 162 valence electrons. The number of carbonyl (C=O) groups excluding carboxylic acids is 2. The van der Waals surface area contributed by atoms with Crippen molar-refractivity contribution in [3.8, 4) is 0 Å². The van der Waals surface area contributed by atoms with Crippen molar-refractivity contribution in [2.24, 2.45) is 5.92 Å². The van der Waals surface area contributed by atoms with Gasteiger partial charge in [0, 0.05) is 17.0 Å². The average molecular weight is 433 g/mol. The van der Waals surface area contributed by atoms with Crippen LogP contribution in [-0.2, 0) is 28.9 Å². The first kappa shape index (κ1) is 22.4. The zero-order valence-corrected chi connectivity index (χ0v) is 18.8. The molecule has 1 aromatic carbocycles. The summed E-state index contributed by atoms with van der Waals surface area (Å²) in [5.41, 5.74) is 2.05. The summed E-state index contributed by atoms with van der Waals surface area (Å²) < 4.78 is 19.2. The highest BCUT2D eigenvalue weighted by Crippen LogP contribution is 2.40. The van der Waals surface area contributed by atoms with Crippen molar-refractivity contribution in [1.82, 2.24) is 4.90 Å². The Kier molecular flexibility index (Phi) is 7.26. The molecule has 5 nitrogen and oxygen atoms in total. The van der Waals surface area contributed by atoms with Crippen LogP contribution in [0.1, 0.15) is 53.6 Å². The third kappa shape index (κ3) is 4.90. The topological polar surface area (TPSA) is 58.6 Å². The Hall–Kier alpha value is -2.25. The number of rotatable bonds is 7. The fourth-order valence-electron chi connectivity index (χ4n) is 3.71. The van der Waals surface area contributed by atoms with Crippen molar-refractivity contribution in [1.29, 1.82) is 0 Å². The van der Waals surface area contributed by atoms with Gasteiger partial charge in [-0.2, -0.15) is 0 Å². The Morgan fingerprint density at radius 1 is 1.37 bits per heavy atom. The van der Waals surface area contributed by atoms with Crippen LogP contribution in [0.15, 0.2) is 24.3 Å². The molecular formula is C23H29FN2O3S. The first-order chi connectivity index (χ1) is 14.3. The van der Waals surface area contributed by atoms with Crippen LogP contribution in [0, 0.1) is 11.7 Å². The predicted octanol–water partition coefficient (Wildman–Crippen LogP) is 4.65. The minimum atomic E-state index is -0.502. The number of nitrogens with one attached hydrogen (secondary N) is 1. The number of ether oxygens (including phenoxy) is 1. The van der Waals surface area contributed by atoms with Gasteiger partial charge in [0.15, 0.2) is 0 Å². The summed E-state index contributed by atoms with van der Waals surface area (Å²) in [6.07, 6.45) is 2.75. The summed E-state index contributed by atoms with van der Waals surface area (Å²) in [6, 6.07) is 6.05. The van der Waals surface area contributed by atoms with E-state index < -0.39 is 6.04 Å². The number of hydrogen-bond acceptors (Lipinski definition) is 5. The second kappa shape index (κ2) is 9.71. The smallest absolute Gasteiger partial charge is 0.341 e. The minimum Gasteiger partial charge on any atom is -0.462 e. The molecule has 0 spiro atoms. The molecule has 1 aliphatic carbocycles. The molecule has 0 aliphatic heterocycles. The molecule has 0 unspecified atom stereocenters. The molecule has 7 heteroatoms. The molecule has 1 aliphatic rings. The van der Waals surface area contributed by atoms with Gasteiger partial charge in [0.2, 0.25) is 5.91 Å². The van der Waals surface area contributed by atoms with E-state index in [0.29, 0.717) is 28.6 Å². The lowest BCUT2D eigenvalue weighted by Crippen LogP contribution is -2.39. The fraction of sp³-hybridized carbons (Fsp3) is 0.478. The zero-order chi connectivity index (χ0) is 21.8. The highest BCUT2D eigenvalue weighted by atomic mass is 32.1. The third-order valence-electron chi connectivity index (χ3n) is 5.65. The first-order valence-electron chi connectivity index (χ1n) is 10.4. The molecule has 0 bridgehead atoms. The summed E-state index contributed by atoms with van der Waals surface area (Å²) in [7, 11) is 1.78. The molecule has 0 saturated heterocycles. The molecule has 3 rings (SSSR count). The normalized spacial score (nSPS) is 16.8. The van der Waals surface area contributed by atoms with E-state index >= 15 is 0 Å². The lowest BCUT2D eigenvalue weighted by molar-refractivity contribution is -0.120. The Morgan fingerprint density at radius 3 is 2.80 bits per heavy atom. The van der Waals surface area contributed by atoms with E-state index in [0.717, 1.165) is 29.7 Å². The van der Waals surface area contributed by atoms with Crippen LogP contribution < -0.4 is 5.32 Å². The van der Waals surface area contributed by atoms with Gasteiger partial charge >= 0.3 is 5.97 Å². The molecule has 1 aromatic heterocycles. The van der Waals surface area contributed by atoms with Crippen LogP contribution in [0.5, 0.6) is 0 Å². The SMILES string of the molecule is CCOC(=O)c1c(NC(=O)[C@@H](C)N(C)Cc2ccccc2F)sc2c1CC[C@@H](C)C2. The summed E-state index contributed by atoms with van der Waals surface area (Å²) >= 11 is 1.47. The van der Waals surface area contributed by atoms with Gasteiger partial charge in [-0.05, 0) is 57.7 Å². The number of carbonyl (C=O) groups is 2. The number of amides is 1. The van der Waals surface area contributed by atoms with Crippen LogP contribution in [0.3, 0.4) is 0 Å². The number of halogens is 1. The standard InChI is InChI=1S/C23H29FN2O3S/c1-5-29-23(28)20-17-11-10-14(2)12-19(17)30-22(20)25-21(27)15(3)26(4)13-16-8-6-7-9-18(16)24/h6-9,14-15H,5,10-13H2,1-4H3,(H,25,27)/t14-,15-/m1/s1. The van der Waals surface area contributed by atoms with Gasteiger partial charge in [0.05, 0.1) is 18.2 Å². The van der Waals surface area contributed by atoms with Crippen molar-refractivity contribution in [3.63, 3.8) is 0 Å². The maximum atomic E-state index is 14.0. The summed E-state index contributed by atoms with van der Waals surface area (Å²) in [5, 5.41) is 3.51. The van der Waals surface area contributed by atoms with E-state index in [-0.39, 0.29) is 24.3 Å². The van der Waals surface area contributed by atoms with Gasteiger partial charge in [-0.25, -0.2) is 9.18 Å². The molecule has 1 N–H and O–H groups in total. The predicted molar refractivity (Wildman–Crippen MR) is 117 cm³/mol. The van der Waals surface area contributed by atoms with Crippen molar-refractivity contribution in [2.75, 3.05) is 19.0 Å². The van der Waals surface area contributed by atoms with Crippen molar-refractivity contribution in [3.05, 3.63) is 51.7 Å². The van der Waals surface area contributed by atoms with E-state index in [4.69, 9.17) is 4.74 Å². The number of esters is 1. The van der Waals surface area contributed by atoms with Crippen LogP contribution in [0.2, 0.25) is 0 Å². The maximum absolute atomic E-state index is 14.0. The molecule has 2 aromatic rings. The number of nitrogens with zero attached hydrogens (tertiary/aromatic N) is 1. The van der Waals surface area contributed by atoms with Crippen molar-refractivity contribution in [2.45, 2.75) is 52.6 Å². The van der Waals surface area contributed by atoms with E-state index in [2.05, 4.69) is 12.2 Å². The Morgan fingerprint density at radius 2 is 2.10 bits per heavy atom. The van der Waals surface area contributed by atoms with Crippen molar-refractivity contribution >= 4 is 28.2 Å². The average Bonchev–Trinajstić information content (AvgIpc) is 3.05. The molecule has 0 fully saturated rings. The highest BCUT2D eigenvalue weighted by Gasteiger charge is 2.30. The van der Waals surface area contributed by atoms with Crippen LogP contribution in [0.4, 0.5) is 9.39 Å². The van der Waals surface area contributed by atoms with E-state index in [1.807, 2.05) is 0 Å². The quantitative estimate of drug-likeness (QED) is 0.647. The number of fused-ring (bicyclic) bond motifs is 1. The van der Waals surface area contributed by atoms with Crippen molar-refractivity contribution < 1.29 is 18.7 Å². The number of thiophene rings is 1. The van der Waals surface area contributed by atoms with Gasteiger partial charge in [-0.3, -0.25) is 9.69 Å². The molecular weight excluding hydrogens is 403 g/mol. The molecule has 1 heterocycles. The van der Waals surface area contributed by atoms with Gasteiger partial charge in [-0.15, -0.1) is 11.3 Å². The monoisotopic (exact) mass is 432 g/mol. The summed E-state index contributed by atoms with van der Waals surface area (Å²) in [5.74, 6) is -0.347. The molecule has 2 atom stereocenters. The molecule has 0 saturated carbocycles. The number of hydrogen-bond donors (Lipinski definition) is 1. The fourth-order valence-corrected chi connectivity index (χ4v) is 5.11. The third-order valence-corrected chi connectivity index (χ3v) is 6.82. The van der Waals surface area contributed by atoms with Crippen LogP contribution >= 0.6 is 11.3 Å². The first-order valence-corrected chi connectivity index (χ1v) is 11.2. The second-order valence-electron chi connectivity index (χ2n) is 7.95. The van der Waals surface area contributed by atoms with Crippen LogP contribution in [-0.4, -0.2) is 36.5 Å². The van der Waals surface area contributed by atoms with Gasteiger partial charge in [0.25, 0.3) is 0 Å². The van der Waals surface area contributed by atoms with Gasteiger partial charge in [-0.1, -0.05) is 25.1 Å². The number of anilines is 1. The zero-order valence-electron chi connectivity index (χ0n) is 18.0. The Bertz CT molecular complexity index is 927. The lowest BCUT2D eigenvalue weighted by Gasteiger charge is -2.24. The highest BCUT2D eigenvalue weighted by molar-refractivity contribution is 7.17. The van der Waals surface area contributed by atoms with Gasteiger partial charge < -0.3 is 10.1 Å². The number of likely N-dealkylation sites (N-methyl/N-ethyl adjacent to an activating group) is 1.